The Morgan fingerprint density at radius 2 is 1.57 bits per heavy atom. The van der Waals surface area contributed by atoms with Crippen molar-refractivity contribution in [1.29, 1.82) is 0 Å². The molecule has 0 saturated heterocycles. The molecule has 0 heterocycles. The first-order valence-corrected chi connectivity index (χ1v) is 9.96. The summed E-state index contributed by atoms with van der Waals surface area (Å²) in [5.41, 5.74) is 0.366. The standard InChI is InChI=1S/C20H23NO6S/c1-13-6-11-16(28(24,25)21-20(2,3)4)12-17(13)19(23)27-15-9-7-14(8-10-15)18(22)26-5/h6-12,21H,1-5H3. The number of hydrogen-bond donors (Lipinski definition) is 1. The topological polar surface area (TPSA) is 98.8 Å². The molecule has 0 aliphatic rings. The molecule has 150 valence electrons. The molecule has 2 aromatic rings. The first-order chi connectivity index (χ1) is 12.9. The Labute approximate surface area is 164 Å². The van der Waals surface area contributed by atoms with Crippen molar-refractivity contribution in [3.63, 3.8) is 0 Å². The van der Waals surface area contributed by atoms with Gasteiger partial charge < -0.3 is 9.47 Å². The van der Waals surface area contributed by atoms with E-state index in [9.17, 15) is 18.0 Å². The van der Waals surface area contributed by atoms with Crippen LogP contribution in [0.15, 0.2) is 47.4 Å². The van der Waals surface area contributed by atoms with Crippen LogP contribution in [-0.4, -0.2) is 33.0 Å². The number of aryl methyl sites for hydroxylation is 1. The normalized spacial score (nSPS) is 11.8. The summed E-state index contributed by atoms with van der Waals surface area (Å²) >= 11 is 0. The second-order valence-electron chi connectivity index (χ2n) is 7.24. The highest BCUT2D eigenvalue weighted by atomic mass is 32.2. The van der Waals surface area contributed by atoms with E-state index >= 15 is 0 Å². The van der Waals surface area contributed by atoms with Gasteiger partial charge in [-0.15, -0.1) is 0 Å². The summed E-state index contributed by atoms with van der Waals surface area (Å²) in [4.78, 5) is 24.0. The van der Waals surface area contributed by atoms with Crippen molar-refractivity contribution in [2.75, 3.05) is 7.11 Å². The molecule has 0 saturated carbocycles. The van der Waals surface area contributed by atoms with Crippen LogP contribution >= 0.6 is 0 Å². The highest BCUT2D eigenvalue weighted by Crippen LogP contribution is 2.20. The number of methoxy groups -OCH3 is 1. The zero-order valence-electron chi connectivity index (χ0n) is 16.4. The zero-order valence-corrected chi connectivity index (χ0v) is 17.2. The lowest BCUT2D eigenvalue weighted by atomic mass is 10.1. The Kier molecular flexibility index (Phi) is 6.26. The Hall–Kier alpha value is -2.71. The lowest BCUT2D eigenvalue weighted by Crippen LogP contribution is -2.40. The molecule has 0 unspecified atom stereocenters. The molecule has 0 aromatic heterocycles. The molecule has 1 N–H and O–H groups in total. The molecule has 8 heteroatoms. The van der Waals surface area contributed by atoms with Gasteiger partial charge in [0.2, 0.25) is 10.0 Å². The van der Waals surface area contributed by atoms with E-state index in [-0.39, 0.29) is 16.2 Å². The maximum absolute atomic E-state index is 12.5. The molecular weight excluding hydrogens is 382 g/mol. The van der Waals surface area contributed by atoms with Crippen molar-refractivity contribution < 1.29 is 27.5 Å². The van der Waals surface area contributed by atoms with E-state index in [2.05, 4.69) is 9.46 Å². The van der Waals surface area contributed by atoms with E-state index in [1.165, 1.54) is 43.5 Å². The average molecular weight is 405 g/mol. The lowest BCUT2D eigenvalue weighted by molar-refractivity contribution is 0.0600. The van der Waals surface area contributed by atoms with Gasteiger partial charge in [-0.05, 0) is 69.7 Å². The predicted octanol–water partition coefficient (Wildman–Crippen LogP) is 3.08. The molecule has 0 bridgehead atoms. The molecule has 0 atom stereocenters. The van der Waals surface area contributed by atoms with Gasteiger partial charge in [-0.25, -0.2) is 22.7 Å². The molecule has 0 amide bonds. The van der Waals surface area contributed by atoms with Gasteiger partial charge in [-0.2, -0.15) is 0 Å². The molecular formula is C20H23NO6S. The van der Waals surface area contributed by atoms with Gasteiger partial charge in [0.1, 0.15) is 5.75 Å². The smallest absolute Gasteiger partial charge is 0.343 e. The Balaban J connectivity index is 2.27. The van der Waals surface area contributed by atoms with E-state index < -0.39 is 27.5 Å². The van der Waals surface area contributed by atoms with Gasteiger partial charge in [0.25, 0.3) is 0 Å². The number of esters is 2. The van der Waals surface area contributed by atoms with Gasteiger partial charge in [0, 0.05) is 5.54 Å². The van der Waals surface area contributed by atoms with E-state index in [0.717, 1.165) is 0 Å². The molecule has 0 spiro atoms. The van der Waals surface area contributed by atoms with Crippen molar-refractivity contribution in [3.8, 4) is 5.75 Å². The van der Waals surface area contributed by atoms with Crippen molar-refractivity contribution in [1.82, 2.24) is 4.72 Å². The third-order valence-electron chi connectivity index (χ3n) is 3.67. The molecule has 7 nitrogen and oxygen atoms in total. The average Bonchev–Trinajstić information content (AvgIpc) is 2.59. The number of hydrogen-bond acceptors (Lipinski definition) is 6. The van der Waals surface area contributed by atoms with Crippen LogP contribution in [0.25, 0.3) is 0 Å². The fourth-order valence-electron chi connectivity index (χ4n) is 2.39. The van der Waals surface area contributed by atoms with Crippen molar-refractivity contribution >= 4 is 22.0 Å². The number of sulfonamides is 1. The van der Waals surface area contributed by atoms with E-state index in [4.69, 9.17) is 4.74 Å². The molecule has 0 aliphatic carbocycles. The van der Waals surface area contributed by atoms with Gasteiger partial charge in [0.05, 0.1) is 23.1 Å². The van der Waals surface area contributed by atoms with E-state index in [0.29, 0.717) is 11.1 Å². The summed E-state index contributed by atoms with van der Waals surface area (Å²) in [7, 11) is -2.52. The first kappa shape index (κ1) is 21.6. The van der Waals surface area contributed by atoms with Crippen LogP contribution in [0.5, 0.6) is 5.75 Å². The molecule has 2 aromatic carbocycles. The highest BCUT2D eigenvalue weighted by Gasteiger charge is 2.24. The van der Waals surface area contributed by atoms with Gasteiger partial charge in [-0.3, -0.25) is 0 Å². The van der Waals surface area contributed by atoms with Crippen LogP contribution in [0.2, 0.25) is 0 Å². The van der Waals surface area contributed by atoms with Crippen LogP contribution < -0.4 is 9.46 Å². The van der Waals surface area contributed by atoms with Crippen molar-refractivity contribution in [2.24, 2.45) is 0 Å². The SMILES string of the molecule is COC(=O)c1ccc(OC(=O)c2cc(S(=O)(=O)NC(C)(C)C)ccc2C)cc1. The van der Waals surface area contributed by atoms with Crippen LogP contribution in [0.3, 0.4) is 0 Å². The Morgan fingerprint density at radius 3 is 2.11 bits per heavy atom. The predicted molar refractivity (Wildman–Crippen MR) is 104 cm³/mol. The highest BCUT2D eigenvalue weighted by molar-refractivity contribution is 7.89. The monoisotopic (exact) mass is 405 g/mol. The molecule has 0 aliphatic heterocycles. The summed E-state index contributed by atoms with van der Waals surface area (Å²) in [6, 6.07) is 10.1. The number of rotatable bonds is 5. The maximum Gasteiger partial charge on any atom is 0.343 e. The minimum absolute atomic E-state index is 0.0268. The Bertz CT molecular complexity index is 988. The second kappa shape index (κ2) is 8.12. The van der Waals surface area contributed by atoms with E-state index in [1.54, 1.807) is 33.8 Å². The Morgan fingerprint density at radius 1 is 0.964 bits per heavy atom. The van der Waals surface area contributed by atoms with Crippen LogP contribution in [0.1, 0.15) is 47.1 Å². The van der Waals surface area contributed by atoms with Crippen LogP contribution in [0.4, 0.5) is 0 Å². The number of carbonyl (C=O) groups is 2. The molecule has 0 fully saturated rings. The lowest BCUT2D eigenvalue weighted by Gasteiger charge is -2.20. The summed E-state index contributed by atoms with van der Waals surface area (Å²) in [6.45, 7) is 6.87. The quantitative estimate of drug-likeness (QED) is 0.606. The van der Waals surface area contributed by atoms with Gasteiger partial charge in [0.15, 0.2) is 0 Å². The second-order valence-corrected chi connectivity index (χ2v) is 8.92. The molecule has 28 heavy (non-hydrogen) atoms. The minimum Gasteiger partial charge on any atom is -0.465 e. The summed E-state index contributed by atoms with van der Waals surface area (Å²) < 4.78 is 37.5. The first-order valence-electron chi connectivity index (χ1n) is 8.48. The third kappa shape index (κ3) is 5.40. The maximum atomic E-state index is 12.5. The fourth-order valence-corrected chi connectivity index (χ4v) is 3.83. The van der Waals surface area contributed by atoms with Crippen LogP contribution in [0, 0.1) is 6.92 Å². The number of nitrogens with one attached hydrogen (secondary N) is 1. The fraction of sp³-hybridized carbons (Fsp3) is 0.300. The van der Waals surface area contributed by atoms with Gasteiger partial charge in [-0.1, -0.05) is 6.07 Å². The number of benzene rings is 2. The molecule has 2 rings (SSSR count). The molecule has 0 radical (unpaired) electrons. The zero-order chi connectivity index (χ0) is 21.1. The summed E-state index contributed by atoms with van der Waals surface area (Å²) in [5.74, 6) is -0.979. The summed E-state index contributed by atoms with van der Waals surface area (Å²) in [6.07, 6.45) is 0. The van der Waals surface area contributed by atoms with Crippen molar-refractivity contribution in [2.45, 2.75) is 38.1 Å². The van der Waals surface area contributed by atoms with E-state index in [1.807, 2.05) is 0 Å². The van der Waals surface area contributed by atoms with Crippen molar-refractivity contribution in [3.05, 3.63) is 59.2 Å². The number of ether oxygens (including phenoxy) is 2. The van der Waals surface area contributed by atoms with Crippen LogP contribution in [-0.2, 0) is 14.8 Å². The largest absolute Gasteiger partial charge is 0.465 e. The third-order valence-corrected chi connectivity index (χ3v) is 5.42. The van der Waals surface area contributed by atoms with Gasteiger partial charge >= 0.3 is 11.9 Å². The minimum atomic E-state index is -3.79. The number of carbonyl (C=O) groups excluding carboxylic acids is 2. The summed E-state index contributed by atoms with van der Waals surface area (Å²) in [5, 5.41) is 0.